The summed E-state index contributed by atoms with van der Waals surface area (Å²) in [4.78, 5) is 10.9. The van der Waals surface area contributed by atoms with E-state index in [1.165, 1.54) is 23.6 Å². The average molecular weight is 233 g/mol. The van der Waals surface area contributed by atoms with E-state index >= 15 is 0 Å². The number of carbonyl (C=O) groups is 1. The van der Waals surface area contributed by atoms with Crippen LogP contribution in [0.2, 0.25) is 0 Å². The zero-order valence-electron chi connectivity index (χ0n) is 10.4. The molecule has 3 heteroatoms. The van der Waals surface area contributed by atoms with Crippen LogP contribution in [0, 0.1) is 0 Å². The van der Waals surface area contributed by atoms with Crippen LogP contribution in [0.3, 0.4) is 0 Å². The predicted molar refractivity (Wildman–Crippen MR) is 68.5 cm³/mol. The fraction of sp³-hybridized carbons (Fsp3) is 0.357. The second kappa shape index (κ2) is 6.21. The molecule has 0 saturated carbocycles. The molecule has 1 rings (SSSR count). The number of hydroxylamine groups is 1. The maximum atomic E-state index is 10.9. The van der Waals surface area contributed by atoms with Gasteiger partial charge in [0.1, 0.15) is 0 Å². The maximum absolute atomic E-state index is 10.9. The SMILES string of the molecule is C=C1CCCC(C)=C1/C=C/C(C)=CC(=O)NO. The quantitative estimate of drug-likeness (QED) is 0.340. The zero-order valence-corrected chi connectivity index (χ0v) is 10.4. The summed E-state index contributed by atoms with van der Waals surface area (Å²) in [5.41, 5.74) is 6.05. The summed E-state index contributed by atoms with van der Waals surface area (Å²) in [6, 6.07) is 0. The minimum atomic E-state index is -0.514. The van der Waals surface area contributed by atoms with Crippen molar-refractivity contribution in [3.63, 3.8) is 0 Å². The van der Waals surface area contributed by atoms with Gasteiger partial charge in [0.15, 0.2) is 0 Å². The lowest BCUT2D eigenvalue weighted by Gasteiger charge is -2.17. The lowest BCUT2D eigenvalue weighted by atomic mass is 9.88. The van der Waals surface area contributed by atoms with E-state index in [-0.39, 0.29) is 0 Å². The van der Waals surface area contributed by atoms with Gasteiger partial charge < -0.3 is 0 Å². The Labute approximate surface area is 102 Å². The van der Waals surface area contributed by atoms with Gasteiger partial charge in [-0.25, -0.2) is 5.48 Å². The van der Waals surface area contributed by atoms with Crippen molar-refractivity contribution in [2.45, 2.75) is 33.1 Å². The van der Waals surface area contributed by atoms with Crippen LogP contribution in [0.1, 0.15) is 33.1 Å². The monoisotopic (exact) mass is 233 g/mol. The molecule has 0 atom stereocenters. The van der Waals surface area contributed by atoms with Crippen LogP contribution in [-0.2, 0) is 4.79 Å². The third-order valence-corrected chi connectivity index (χ3v) is 2.85. The van der Waals surface area contributed by atoms with E-state index in [0.29, 0.717) is 0 Å². The smallest absolute Gasteiger partial charge is 0.267 e. The molecule has 0 heterocycles. The van der Waals surface area contributed by atoms with Crippen molar-refractivity contribution in [3.8, 4) is 0 Å². The summed E-state index contributed by atoms with van der Waals surface area (Å²) in [6.07, 6.45) is 8.52. The standard InChI is InChI=1S/C14H19NO2/c1-10(9-14(16)15-17)7-8-13-11(2)5-4-6-12(13)3/h7-9,17H,2,4-6H2,1,3H3,(H,15,16)/b8-7+,10-9?. The Balaban J connectivity index is 2.80. The van der Waals surface area contributed by atoms with Crippen molar-refractivity contribution in [2.24, 2.45) is 0 Å². The molecule has 92 valence electrons. The van der Waals surface area contributed by atoms with Gasteiger partial charge in [0.2, 0.25) is 0 Å². The zero-order chi connectivity index (χ0) is 12.8. The number of rotatable bonds is 3. The molecule has 1 aliphatic carbocycles. The van der Waals surface area contributed by atoms with Crippen LogP contribution < -0.4 is 5.48 Å². The van der Waals surface area contributed by atoms with Gasteiger partial charge in [0.05, 0.1) is 0 Å². The van der Waals surface area contributed by atoms with Gasteiger partial charge in [-0.05, 0) is 49.8 Å². The summed E-state index contributed by atoms with van der Waals surface area (Å²) in [6.45, 7) is 7.98. The lowest BCUT2D eigenvalue weighted by molar-refractivity contribution is -0.124. The van der Waals surface area contributed by atoms with E-state index < -0.39 is 5.91 Å². The number of hydrogen-bond donors (Lipinski definition) is 2. The molecule has 1 amide bonds. The van der Waals surface area contributed by atoms with Crippen LogP contribution >= 0.6 is 0 Å². The predicted octanol–water partition coefficient (Wildman–Crippen LogP) is 3.05. The Morgan fingerprint density at radius 3 is 2.76 bits per heavy atom. The van der Waals surface area contributed by atoms with Crippen molar-refractivity contribution < 1.29 is 10.0 Å². The summed E-state index contributed by atoms with van der Waals surface area (Å²) >= 11 is 0. The van der Waals surface area contributed by atoms with Gasteiger partial charge in [-0.2, -0.15) is 0 Å². The minimum Gasteiger partial charge on any atom is -0.288 e. The van der Waals surface area contributed by atoms with Gasteiger partial charge in [-0.1, -0.05) is 24.3 Å². The van der Waals surface area contributed by atoms with Gasteiger partial charge in [0.25, 0.3) is 5.91 Å². The van der Waals surface area contributed by atoms with Gasteiger partial charge >= 0.3 is 0 Å². The summed E-state index contributed by atoms with van der Waals surface area (Å²) in [5, 5.41) is 8.39. The Bertz CT molecular complexity index is 414. The Hall–Kier alpha value is -1.61. The molecular formula is C14H19NO2. The lowest BCUT2D eigenvalue weighted by Crippen LogP contribution is -2.15. The fourth-order valence-electron chi connectivity index (χ4n) is 1.90. The first-order valence-electron chi connectivity index (χ1n) is 5.73. The Morgan fingerprint density at radius 2 is 2.18 bits per heavy atom. The normalized spacial score (nSPS) is 17.8. The third-order valence-electron chi connectivity index (χ3n) is 2.85. The molecule has 17 heavy (non-hydrogen) atoms. The van der Waals surface area contributed by atoms with Crippen molar-refractivity contribution in [2.75, 3.05) is 0 Å². The van der Waals surface area contributed by atoms with E-state index in [9.17, 15) is 4.79 Å². The molecule has 0 aromatic heterocycles. The van der Waals surface area contributed by atoms with Crippen LogP contribution in [0.25, 0.3) is 0 Å². The van der Waals surface area contributed by atoms with Crippen LogP contribution in [0.15, 0.2) is 47.1 Å². The third kappa shape index (κ3) is 4.04. The van der Waals surface area contributed by atoms with E-state index in [1.807, 2.05) is 19.1 Å². The molecule has 0 bridgehead atoms. The molecule has 0 fully saturated rings. The highest BCUT2D eigenvalue weighted by Crippen LogP contribution is 2.29. The Kier molecular flexibility index (Phi) is 4.91. The molecule has 0 spiro atoms. The van der Waals surface area contributed by atoms with Gasteiger partial charge in [-0.3, -0.25) is 10.0 Å². The van der Waals surface area contributed by atoms with Crippen LogP contribution in [-0.4, -0.2) is 11.1 Å². The van der Waals surface area contributed by atoms with Crippen LogP contribution in [0.5, 0.6) is 0 Å². The summed E-state index contributed by atoms with van der Waals surface area (Å²) in [7, 11) is 0. The number of nitrogens with one attached hydrogen (secondary N) is 1. The Morgan fingerprint density at radius 1 is 1.47 bits per heavy atom. The first kappa shape index (κ1) is 13.5. The van der Waals surface area contributed by atoms with E-state index in [4.69, 9.17) is 5.21 Å². The van der Waals surface area contributed by atoms with Crippen molar-refractivity contribution >= 4 is 5.91 Å². The minimum absolute atomic E-state index is 0.514. The molecule has 0 aliphatic heterocycles. The number of hydrogen-bond acceptors (Lipinski definition) is 2. The number of allylic oxidation sites excluding steroid dienone is 6. The van der Waals surface area contributed by atoms with E-state index in [0.717, 1.165) is 24.0 Å². The molecule has 0 saturated heterocycles. The fourth-order valence-corrected chi connectivity index (χ4v) is 1.90. The van der Waals surface area contributed by atoms with Gasteiger partial charge in [-0.15, -0.1) is 0 Å². The van der Waals surface area contributed by atoms with Crippen molar-refractivity contribution in [1.82, 2.24) is 5.48 Å². The molecule has 1 aliphatic rings. The summed E-state index contributed by atoms with van der Waals surface area (Å²) < 4.78 is 0. The van der Waals surface area contributed by atoms with Crippen molar-refractivity contribution in [1.29, 1.82) is 0 Å². The molecule has 0 radical (unpaired) electrons. The topological polar surface area (TPSA) is 49.3 Å². The first-order valence-corrected chi connectivity index (χ1v) is 5.73. The molecular weight excluding hydrogens is 214 g/mol. The number of carbonyl (C=O) groups excluding carboxylic acids is 1. The highest BCUT2D eigenvalue weighted by atomic mass is 16.5. The second-order valence-corrected chi connectivity index (χ2v) is 4.35. The molecule has 2 N–H and O–H groups in total. The first-order chi connectivity index (χ1) is 8.04. The molecule has 0 aromatic carbocycles. The largest absolute Gasteiger partial charge is 0.288 e. The van der Waals surface area contributed by atoms with Gasteiger partial charge in [0, 0.05) is 6.08 Å². The average Bonchev–Trinajstić information content (AvgIpc) is 2.28. The highest BCUT2D eigenvalue weighted by molar-refractivity contribution is 5.87. The molecule has 0 unspecified atom stereocenters. The second-order valence-electron chi connectivity index (χ2n) is 4.35. The van der Waals surface area contributed by atoms with E-state index in [1.54, 1.807) is 5.48 Å². The van der Waals surface area contributed by atoms with Crippen molar-refractivity contribution in [3.05, 3.63) is 47.1 Å². The highest BCUT2D eigenvalue weighted by Gasteiger charge is 2.09. The molecule has 3 nitrogen and oxygen atoms in total. The maximum Gasteiger partial charge on any atom is 0.267 e. The molecule has 0 aromatic rings. The number of amides is 1. The van der Waals surface area contributed by atoms with E-state index in [2.05, 4.69) is 13.5 Å². The summed E-state index contributed by atoms with van der Waals surface area (Å²) in [5.74, 6) is -0.514. The van der Waals surface area contributed by atoms with Crippen LogP contribution in [0.4, 0.5) is 0 Å².